The number of anilines is 1. The maximum Gasteiger partial charge on any atom is 0.244 e. The number of nitrogens with one attached hydrogen (secondary N) is 3. The number of hydrogen-bond donors (Lipinski definition) is 3. The number of nitriles is 1. The molecule has 0 radical (unpaired) electrons. The Kier molecular flexibility index (Phi) is 5.10. The summed E-state index contributed by atoms with van der Waals surface area (Å²) in [7, 11) is 0. The van der Waals surface area contributed by atoms with Crippen LogP contribution in [0, 0.1) is 35.7 Å². The van der Waals surface area contributed by atoms with E-state index in [1.54, 1.807) is 18.2 Å². The first-order chi connectivity index (χ1) is 14.4. The molecule has 0 unspecified atom stereocenters. The number of rotatable bonds is 5. The molecule has 0 aliphatic carbocycles. The maximum atomic E-state index is 14.4. The lowest BCUT2D eigenvalue weighted by Gasteiger charge is -2.04. The molecule has 4 aromatic rings. The average Bonchev–Trinajstić information content (AvgIpc) is 3.33. The Morgan fingerprint density at radius 1 is 1.23 bits per heavy atom. The lowest BCUT2D eigenvalue weighted by atomic mass is 10.1. The SMILES string of the molecule is Cc1c(F)c(F)c2c([nH]c[n+]2CNc2n[nH]c(Cc3cccc(Cl)c3)c2C#N)c1F. The molecule has 2 aromatic carbocycles. The number of aromatic nitrogens is 4. The van der Waals surface area contributed by atoms with E-state index in [-0.39, 0.29) is 29.1 Å². The summed E-state index contributed by atoms with van der Waals surface area (Å²) in [6.07, 6.45) is 1.72. The lowest BCUT2D eigenvalue weighted by Crippen LogP contribution is -2.37. The van der Waals surface area contributed by atoms with Gasteiger partial charge in [0.05, 0.1) is 5.69 Å². The Bertz CT molecular complexity index is 1300. The first-order valence-corrected chi connectivity index (χ1v) is 9.27. The number of imidazole rings is 1. The fourth-order valence-corrected chi connectivity index (χ4v) is 3.48. The van der Waals surface area contributed by atoms with Crippen LogP contribution in [-0.2, 0) is 13.1 Å². The van der Waals surface area contributed by atoms with E-state index < -0.39 is 23.0 Å². The molecule has 2 aromatic heterocycles. The summed E-state index contributed by atoms with van der Waals surface area (Å²) in [5.41, 5.74) is 0.957. The number of H-pyrrole nitrogens is 2. The van der Waals surface area contributed by atoms with Gasteiger partial charge in [-0.3, -0.25) is 5.10 Å². The molecule has 0 aliphatic rings. The summed E-state index contributed by atoms with van der Waals surface area (Å²) >= 11 is 6.00. The summed E-state index contributed by atoms with van der Waals surface area (Å²) in [5.74, 6) is -3.01. The molecule has 0 saturated carbocycles. The van der Waals surface area contributed by atoms with Crippen LogP contribution in [0.4, 0.5) is 19.0 Å². The molecular formula is C20H15ClF3N6+. The van der Waals surface area contributed by atoms with Gasteiger partial charge in [-0.15, -0.1) is 0 Å². The number of aromatic amines is 2. The Morgan fingerprint density at radius 3 is 2.77 bits per heavy atom. The van der Waals surface area contributed by atoms with Crippen LogP contribution in [0.3, 0.4) is 0 Å². The molecule has 152 valence electrons. The van der Waals surface area contributed by atoms with Crippen molar-refractivity contribution >= 4 is 28.5 Å². The van der Waals surface area contributed by atoms with Crippen LogP contribution in [0.5, 0.6) is 0 Å². The Balaban J connectivity index is 1.61. The van der Waals surface area contributed by atoms with Crippen LogP contribution in [0.15, 0.2) is 30.6 Å². The quantitative estimate of drug-likeness (QED) is 0.329. The summed E-state index contributed by atoms with van der Waals surface area (Å²) < 4.78 is 43.9. The van der Waals surface area contributed by atoms with Crippen molar-refractivity contribution < 1.29 is 17.7 Å². The van der Waals surface area contributed by atoms with Crippen molar-refractivity contribution in [3.05, 3.63) is 75.5 Å². The molecule has 4 rings (SSSR count). The number of benzene rings is 2. The zero-order valence-corrected chi connectivity index (χ0v) is 16.4. The summed E-state index contributed by atoms with van der Waals surface area (Å²) in [4.78, 5) is 2.61. The van der Waals surface area contributed by atoms with Gasteiger partial charge in [-0.25, -0.2) is 18.3 Å². The molecule has 0 fully saturated rings. The second-order valence-corrected chi connectivity index (χ2v) is 7.15. The Labute approximate surface area is 173 Å². The van der Waals surface area contributed by atoms with Gasteiger partial charge in [-0.05, 0) is 24.6 Å². The summed E-state index contributed by atoms with van der Waals surface area (Å²) in [6, 6.07) is 9.30. The summed E-state index contributed by atoms with van der Waals surface area (Å²) in [6.45, 7) is 1.09. The van der Waals surface area contributed by atoms with Crippen molar-refractivity contribution in [2.75, 3.05) is 5.32 Å². The van der Waals surface area contributed by atoms with E-state index in [9.17, 15) is 18.4 Å². The first kappa shape index (κ1) is 19.8. The third kappa shape index (κ3) is 3.35. The fourth-order valence-electron chi connectivity index (χ4n) is 3.26. The van der Waals surface area contributed by atoms with Gasteiger partial charge in [-0.1, -0.05) is 23.7 Å². The molecular weight excluding hydrogens is 417 g/mol. The largest absolute Gasteiger partial charge is 0.332 e. The highest BCUT2D eigenvalue weighted by Gasteiger charge is 2.26. The van der Waals surface area contributed by atoms with Crippen LogP contribution >= 0.6 is 11.6 Å². The third-order valence-corrected chi connectivity index (χ3v) is 5.04. The number of hydrogen-bond acceptors (Lipinski definition) is 3. The van der Waals surface area contributed by atoms with E-state index >= 15 is 0 Å². The zero-order valence-electron chi connectivity index (χ0n) is 15.7. The standard InChI is InChI=1S/C20H14ClF3N6/c1-10-15(22)17(24)19-18(16(10)23)26-8-30(19)9-27-20-13(7-25)14(28-29-20)6-11-3-2-4-12(21)5-11/h2-5,8H,6,9H2,1H3,(H2,27,28,29)/p+1. The van der Waals surface area contributed by atoms with Crippen molar-refractivity contribution in [1.82, 2.24) is 15.2 Å². The van der Waals surface area contributed by atoms with E-state index in [2.05, 4.69) is 26.6 Å². The topological polar surface area (TPSA) is 84.2 Å². The summed E-state index contributed by atoms with van der Waals surface area (Å²) in [5, 5.41) is 19.9. The van der Waals surface area contributed by atoms with Crippen molar-refractivity contribution in [3.8, 4) is 6.07 Å². The third-order valence-electron chi connectivity index (χ3n) is 4.81. The van der Waals surface area contributed by atoms with E-state index in [1.807, 2.05) is 6.07 Å². The highest BCUT2D eigenvalue weighted by molar-refractivity contribution is 6.30. The first-order valence-electron chi connectivity index (χ1n) is 8.90. The molecule has 2 heterocycles. The van der Waals surface area contributed by atoms with Gasteiger partial charge < -0.3 is 5.32 Å². The van der Waals surface area contributed by atoms with Crippen LogP contribution in [0.2, 0.25) is 5.02 Å². The predicted octanol–water partition coefficient (Wildman–Crippen LogP) is 4.09. The van der Waals surface area contributed by atoms with Gasteiger partial charge in [0, 0.05) is 17.0 Å². The molecule has 10 heteroatoms. The van der Waals surface area contributed by atoms with Gasteiger partial charge in [-0.2, -0.15) is 14.8 Å². The van der Waals surface area contributed by atoms with E-state index in [0.717, 1.165) is 5.56 Å². The van der Waals surface area contributed by atoms with Gasteiger partial charge in [0.25, 0.3) is 0 Å². The molecule has 0 amide bonds. The van der Waals surface area contributed by atoms with Gasteiger partial charge >= 0.3 is 0 Å². The number of fused-ring (bicyclic) bond motifs is 1. The van der Waals surface area contributed by atoms with Crippen LogP contribution in [-0.4, -0.2) is 15.2 Å². The van der Waals surface area contributed by atoms with Gasteiger partial charge in [0.15, 0.2) is 24.1 Å². The maximum absolute atomic E-state index is 14.4. The number of nitrogens with zero attached hydrogens (tertiary/aromatic N) is 3. The van der Waals surface area contributed by atoms with Crippen molar-refractivity contribution in [1.29, 1.82) is 5.26 Å². The monoisotopic (exact) mass is 431 g/mol. The molecule has 0 spiro atoms. The fraction of sp³-hybridized carbons (Fsp3) is 0.150. The van der Waals surface area contributed by atoms with Crippen LogP contribution in [0.25, 0.3) is 11.0 Å². The molecule has 0 saturated heterocycles. The van der Waals surface area contributed by atoms with Crippen LogP contribution in [0.1, 0.15) is 22.4 Å². The Hall–Kier alpha value is -3.51. The molecule has 30 heavy (non-hydrogen) atoms. The normalized spacial score (nSPS) is 11.1. The Morgan fingerprint density at radius 2 is 2.03 bits per heavy atom. The minimum Gasteiger partial charge on any atom is -0.332 e. The van der Waals surface area contributed by atoms with Gasteiger partial charge in [0.2, 0.25) is 23.2 Å². The minimum atomic E-state index is -1.24. The van der Waals surface area contributed by atoms with Crippen LogP contribution < -0.4 is 9.88 Å². The molecule has 3 N–H and O–H groups in total. The molecule has 0 aliphatic heterocycles. The van der Waals surface area contributed by atoms with Crippen molar-refractivity contribution in [2.24, 2.45) is 0 Å². The highest BCUT2D eigenvalue weighted by atomic mass is 35.5. The van der Waals surface area contributed by atoms with E-state index in [1.165, 1.54) is 17.8 Å². The predicted molar refractivity (Wildman–Crippen MR) is 104 cm³/mol. The molecule has 0 atom stereocenters. The number of halogens is 4. The lowest BCUT2D eigenvalue weighted by molar-refractivity contribution is -0.666. The second kappa shape index (κ2) is 7.72. The van der Waals surface area contributed by atoms with Crippen molar-refractivity contribution in [2.45, 2.75) is 20.0 Å². The molecule has 6 nitrogen and oxygen atoms in total. The van der Waals surface area contributed by atoms with Crippen molar-refractivity contribution in [3.63, 3.8) is 0 Å². The highest BCUT2D eigenvalue weighted by Crippen LogP contribution is 2.24. The second-order valence-electron chi connectivity index (χ2n) is 6.71. The zero-order chi connectivity index (χ0) is 21.4. The minimum absolute atomic E-state index is 0.0744. The van der Waals surface area contributed by atoms with E-state index in [0.29, 0.717) is 17.1 Å². The average molecular weight is 432 g/mol. The molecule has 0 bridgehead atoms. The van der Waals surface area contributed by atoms with Gasteiger partial charge in [0.1, 0.15) is 11.6 Å². The van der Waals surface area contributed by atoms with E-state index in [4.69, 9.17) is 11.6 Å². The smallest absolute Gasteiger partial charge is 0.244 e.